The number of ether oxygens (including phenoxy) is 1. The second kappa shape index (κ2) is 10.4. The molecule has 1 aliphatic rings. The van der Waals surface area contributed by atoms with Crippen LogP contribution in [-0.2, 0) is 6.42 Å². The summed E-state index contributed by atoms with van der Waals surface area (Å²) in [6.45, 7) is 6.71. The van der Waals surface area contributed by atoms with Crippen LogP contribution in [0.1, 0.15) is 83.8 Å². The van der Waals surface area contributed by atoms with Gasteiger partial charge in [0.25, 0.3) is 0 Å². The molecule has 0 bridgehead atoms. The first kappa shape index (κ1) is 22.7. The lowest BCUT2D eigenvalue weighted by Crippen LogP contribution is -2.30. The van der Waals surface area contributed by atoms with Crippen molar-refractivity contribution in [1.82, 2.24) is 0 Å². The zero-order chi connectivity index (χ0) is 22.5. The van der Waals surface area contributed by atoms with E-state index in [4.69, 9.17) is 4.74 Å². The van der Waals surface area contributed by atoms with Gasteiger partial charge in [-0.15, -0.1) is 0 Å². The Morgan fingerprint density at radius 2 is 1.69 bits per heavy atom. The highest BCUT2D eigenvalue weighted by Gasteiger charge is 2.36. The van der Waals surface area contributed by atoms with E-state index in [1.54, 1.807) is 11.8 Å². The summed E-state index contributed by atoms with van der Waals surface area (Å²) in [6, 6.07) is 24.7. The Morgan fingerprint density at radius 3 is 2.34 bits per heavy atom. The smallest absolute Gasteiger partial charge is 0.213 e. The van der Waals surface area contributed by atoms with E-state index in [1.807, 2.05) is 36.4 Å². The van der Waals surface area contributed by atoms with Gasteiger partial charge in [0.15, 0.2) is 0 Å². The summed E-state index contributed by atoms with van der Waals surface area (Å²) in [6.07, 6.45) is 4.47. The number of hydrogen-bond acceptors (Lipinski definition) is 3. The standard InChI is InChI=1S/C29H32O2S/c1-4-6-13-21-18-24(20(3)5-2)27-25(19-21)28(23-16-11-8-12-17-23)32-29(31-27)26(30)22-14-9-7-10-15-22/h7-12,14-20,28-29H,4-6,13H2,1-3H3. The molecule has 0 saturated heterocycles. The lowest BCUT2D eigenvalue weighted by molar-refractivity contribution is 0.0886. The zero-order valence-electron chi connectivity index (χ0n) is 19.2. The normalized spacial score (nSPS) is 18.5. The molecule has 0 amide bonds. The van der Waals surface area contributed by atoms with Gasteiger partial charge in [-0.25, -0.2) is 0 Å². The van der Waals surface area contributed by atoms with Crippen molar-refractivity contribution in [2.24, 2.45) is 0 Å². The van der Waals surface area contributed by atoms with E-state index < -0.39 is 5.44 Å². The van der Waals surface area contributed by atoms with Crippen LogP contribution in [-0.4, -0.2) is 11.2 Å². The van der Waals surface area contributed by atoms with Crippen LogP contribution >= 0.6 is 11.8 Å². The van der Waals surface area contributed by atoms with Gasteiger partial charge in [-0.05, 0) is 41.9 Å². The van der Waals surface area contributed by atoms with Crippen molar-refractivity contribution in [1.29, 1.82) is 0 Å². The van der Waals surface area contributed by atoms with Crippen LogP contribution in [0.3, 0.4) is 0 Å². The first-order chi connectivity index (χ1) is 15.6. The molecule has 0 spiro atoms. The maximum Gasteiger partial charge on any atom is 0.213 e. The highest BCUT2D eigenvalue weighted by Crippen LogP contribution is 2.51. The molecule has 0 N–H and O–H groups in total. The maximum atomic E-state index is 13.4. The van der Waals surface area contributed by atoms with Crippen LogP contribution in [0.4, 0.5) is 0 Å². The first-order valence-corrected chi connectivity index (χ1v) is 12.7. The Morgan fingerprint density at radius 1 is 1.00 bits per heavy atom. The molecular weight excluding hydrogens is 412 g/mol. The predicted molar refractivity (Wildman–Crippen MR) is 135 cm³/mol. The highest BCUT2D eigenvalue weighted by molar-refractivity contribution is 8.01. The number of unbranched alkanes of at least 4 members (excludes halogenated alkanes) is 1. The van der Waals surface area contributed by atoms with Crippen molar-refractivity contribution >= 4 is 17.5 Å². The van der Waals surface area contributed by atoms with E-state index in [0.717, 1.165) is 18.6 Å². The maximum absolute atomic E-state index is 13.4. The number of benzene rings is 3. The molecule has 4 rings (SSSR count). The van der Waals surface area contributed by atoms with Gasteiger partial charge in [0.2, 0.25) is 11.2 Å². The Labute approximate surface area is 196 Å². The second-order valence-electron chi connectivity index (χ2n) is 8.62. The van der Waals surface area contributed by atoms with E-state index in [1.165, 1.54) is 35.1 Å². The largest absolute Gasteiger partial charge is 0.471 e. The van der Waals surface area contributed by atoms with Crippen molar-refractivity contribution in [3.8, 4) is 5.75 Å². The average Bonchev–Trinajstić information content (AvgIpc) is 2.86. The molecule has 32 heavy (non-hydrogen) atoms. The van der Waals surface area contributed by atoms with Gasteiger partial charge >= 0.3 is 0 Å². The van der Waals surface area contributed by atoms with E-state index >= 15 is 0 Å². The summed E-state index contributed by atoms with van der Waals surface area (Å²) < 4.78 is 6.53. The average molecular weight is 445 g/mol. The Kier molecular flexibility index (Phi) is 7.36. The lowest BCUT2D eigenvalue weighted by atomic mass is 9.89. The topological polar surface area (TPSA) is 26.3 Å². The molecule has 1 aliphatic heterocycles. The van der Waals surface area contributed by atoms with Crippen LogP contribution in [0.15, 0.2) is 72.8 Å². The molecule has 3 aromatic rings. The second-order valence-corrected chi connectivity index (χ2v) is 9.79. The van der Waals surface area contributed by atoms with Crippen molar-refractivity contribution in [2.45, 2.75) is 63.1 Å². The fourth-order valence-corrected chi connectivity index (χ4v) is 5.55. The number of fused-ring (bicyclic) bond motifs is 1. The van der Waals surface area contributed by atoms with Crippen LogP contribution in [0, 0.1) is 0 Å². The summed E-state index contributed by atoms with van der Waals surface area (Å²) in [5.74, 6) is 1.33. The first-order valence-electron chi connectivity index (χ1n) is 11.7. The monoisotopic (exact) mass is 444 g/mol. The number of thioether (sulfide) groups is 1. The summed E-state index contributed by atoms with van der Waals surface area (Å²) in [5.41, 5.74) is 5.18. The molecule has 0 aromatic heterocycles. The number of aryl methyl sites for hydroxylation is 1. The van der Waals surface area contributed by atoms with Gasteiger partial charge in [0.05, 0.1) is 5.25 Å². The number of carbonyl (C=O) groups excluding carboxylic acids is 1. The van der Waals surface area contributed by atoms with Crippen LogP contribution in [0.5, 0.6) is 5.75 Å². The van der Waals surface area contributed by atoms with E-state index in [-0.39, 0.29) is 11.0 Å². The predicted octanol–water partition coefficient (Wildman–Crippen LogP) is 7.97. The summed E-state index contributed by atoms with van der Waals surface area (Å²) in [4.78, 5) is 13.4. The van der Waals surface area contributed by atoms with Crippen LogP contribution < -0.4 is 4.74 Å². The minimum Gasteiger partial charge on any atom is -0.471 e. The molecule has 0 radical (unpaired) electrons. The van der Waals surface area contributed by atoms with E-state index in [0.29, 0.717) is 11.5 Å². The Balaban J connectivity index is 1.83. The number of hydrogen-bond donors (Lipinski definition) is 0. The van der Waals surface area contributed by atoms with Crippen molar-refractivity contribution in [3.63, 3.8) is 0 Å². The minimum atomic E-state index is -0.556. The van der Waals surface area contributed by atoms with Gasteiger partial charge < -0.3 is 4.74 Å². The summed E-state index contributed by atoms with van der Waals surface area (Å²) in [5, 5.41) is 0.0713. The molecule has 0 saturated carbocycles. The SMILES string of the molecule is CCCCc1cc(C(C)CC)c2c(c1)C(c1ccccc1)SC(C(=O)c1ccccc1)O2. The van der Waals surface area contributed by atoms with Crippen molar-refractivity contribution < 1.29 is 9.53 Å². The highest BCUT2D eigenvalue weighted by atomic mass is 32.2. The molecule has 0 fully saturated rings. The zero-order valence-corrected chi connectivity index (χ0v) is 20.0. The van der Waals surface area contributed by atoms with Crippen LogP contribution in [0.2, 0.25) is 0 Å². The van der Waals surface area contributed by atoms with Gasteiger partial charge in [-0.3, -0.25) is 4.79 Å². The molecular formula is C29H32O2S. The van der Waals surface area contributed by atoms with Crippen LogP contribution in [0.25, 0.3) is 0 Å². The third-order valence-electron chi connectivity index (χ3n) is 6.31. The molecule has 3 heteroatoms. The lowest BCUT2D eigenvalue weighted by Gasteiger charge is -2.34. The molecule has 3 unspecified atom stereocenters. The molecule has 3 aromatic carbocycles. The van der Waals surface area contributed by atoms with Crippen molar-refractivity contribution in [3.05, 3.63) is 101 Å². The summed E-state index contributed by atoms with van der Waals surface area (Å²) in [7, 11) is 0. The third-order valence-corrected chi connectivity index (χ3v) is 7.67. The molecule has 166 valence electrons. The summed E-state index contributed by atoms with van der Waals surface area (Å²) >= 11 is 1.62. The van der Waals surface area contributed by atoms with Gasteiger partial charge in [0.1, 0.15) is 5.75 Å². The molecule has 2 nitrogen and oxygen atoms in total. The minimum absolute atomic E-state index is 0.0346. The molecule has 1 heterocycles. The Hall–Kier alpha value is -2.52. The fraction of sp³-hybridized carbons (Fsp3) is 0.345. The quantitative estimate of drug-likeness (QED) is 0.330. The molecule has 0 aliphatic carbocycles. The number of rotatable bonds is 8. The molecule has 3 atom stereocenters. The van der Waals surface area contributed by atoms with Gasteiger partial charge in [-0.1, -0.05) is 112 Å². The Bertz CT molecular complexity index is 1050. The van der Waals surface area contributed by atoms with E-state index in [2.05, 4.69) is 57.2 Å². The van der Waals surface area contributed by atoms with Gasteiger partial charge in [-0.2, -0.15) is 0 Å². The van der Waals surface area contributed by atoms with E-state index in [9.17, 15) is 4.79 Å². The number of carbonyl (C=O) groups is 1. The number of Topliss-reactive ketones (excluding diaryl/α,β-unsaturated/α-hetero) is 1. The van der Waals surface area contributed by atoms with Crippen molar-refractivity contribution in [2.75, 3.05) is 0 Å². The van der Waals surface area contributed by atoms with Gasteiger partial charge in [0, 0.05) is 11.1 Å². The fourth-order valence-electron chi connectivity index (χ4n) is 4.25. The number of ketones is 1. The third kappa shape index (κ3) is 4.78.